The first kappa shape index (κ1) is 20.4. The van der Waals surface area contributed by atoms with E-state index in [-0.39, 0.29) is 5.91 Å². The summed E-state index contributed by atoms with van der Waals surface area (Å²) in [6.07, 6.45) is 8.25. The summed E-state index contributed by atoms with van der Waals surface area (Å²) in [5.74, 6) is 0.0990. The monoisotopic (exact) mass is 381 g/mol. The predicted octanol–water partition coefficient (Wildman–Crippen LogP) is 2.19. The van der Waals surface area contributed by atoms with Gasteiger partial charge in [-0.3, -0.25) is 14.8 Å². The highest BCUT2D eigenvalue weighted by Gasteiger charge is 2.28. The number of carbonyl (C=O) groups excluding carboxylic acids is 1. The molecular formula is C22H31N5O. The van der Waals surface area contributed by atoms with Gasteiger partial charge < -0.3 is 14.7 Å². The molecule has 1 aliphatic rings. The molecule has 0 bridgehead atoms. The summed E-state index contributed by atoms with van der Waals surface area (Å²) in [5.41, 5.74) is 1.82. The molecule has 0 saturated carbocycles. The Balaban J connectivity index is 1.56. The number of rotatable bonds is 8. The van der Waals surface area contributed by atoms with Crippen molar-refractivity contribution >= 4 is 5.91 Å². The average Bonchev–Trinajstić information content (AvgIpc) is 2.74. The molecular weight excluding hydrogens is 350 g/mol. The van der Waals surface area contributed by atoms with Gasteiger partial charge in [-0.15, -0.1) is 0 Å². The van der Waals surface area contributed by atoms with Gasteiger partial charge in [0, 0.05) is 69.5 Å². The van der Waals surface area contributed by atoms with Crippen LogP contribution in [0.5, 0.6) is 0 Å². The third kappa shape index (κ3) is 5.84. The van der Waals surface area contributed by atoms with Gasteiger partial charge in [0.05, 0.1) is 5.56 Å². The first-order valence-electron chi connectivity index (χ1n) is 10.1. The molecule has 28 heavy (non-hydrogen) atoms. The molecule has 3 rings (SSSR count). The van der Waals surface area contributed by atoms with Crippen LogP contribution in [0, 0.1) is 0 Å². The summed E-state index contributed by atoms with van der Waals surface area (Å²) in [7, 11) is 4.10. The Labute approximate surface area is 168 Å². The molecule has 0 radical (unpaired) electrons. The lowest BCUT2D eigenvalue weighted by Gasteiger charge is -2.39. The number of nitrogens with zero attached hydrogens (tertiary/aromatic N) is 5. The van der Waals surface area contributed by atoms with Gasteiger partial charge in [-0.25, -0.2) is 0 Å². The van der Waals surface area contributed by atoms with Crippen molar-refractivity contribution in [3.05, 3.63) is 60.2 Å². The van der Waals surface area contributed by atoms with Crippen LogP contribution < -0.4 is 0 Å². The van der Waals surface area contributed by atoms with E-state index in [9.17, 15) is 4.79 Å². The van der Waals surface area contributed by atoms with Crippen molar-refractivity contribution in [2.75, 3.05) is 46.8 Å². The van der Waals surface area contributed by atoms with E-state index in [0.717, 1.165) is 57.7 Å². The molecule has 1 saturated heterocycles. The van der Waals surface area contributed by atoms with E-state index in [1.807, 2.05) is 44.6 Å². The molecule has 0 N–H and O–H groups in total. The van der Waals surface area contributed by atoms with Crippen molar-refractivity contribution in [1.29, 1.82) is 0 Å². The van der Waals surface area contributed by atoms with Gasteiger partial charge in [-0.1, -0.05) is 6.07 Å². The van der Waals surface area contributed by atoms with Crippen LogP contribution in [-0.2, 0) is 6.42 Å². The Hall–Kier alpha value is -2.31. The average molecular weight is 382 g/mol. The normalized spacial score (nSPS) is 15.7. The van der Waals surface area contributed by atoms with Gasteiger partial charge in [-0.05, 0) is 51.2 Å². The summed E-state index contributed by atoms with van der Waals surface area (Å²) < 4.78 is 0. The van der Waals surface area contributed by atoms with Crippen molar-refractivity contribution in [3.8, 4) is 0 Å². The molecule has 2 aromatic heterocycles. The summed E-state index contributed by atoms with van der Waals surface area (Å²) >= 11 is 0. The molecule has 0 spiro atoms. The largest absolute Gasteiger partial charge is 0.334 e. The Morgan fingerprint density at radius 1 is 1.11 bits per heavy atom. The minimum Gasteiger partial charge on any atom is -0.334 e. The van der Waals surface area contributed by atoms with Crippen LogP contribution in [0.2, 0.25) is 0 Å². The maximum atomic E-state index is 13.1. The number of carbonyl (C=O) groups is 1. The quantitative estimate of drug-likeness (QED) is 0.702. The molecule has 3 heterocycles. The van der Waals surface area contributed by atoms with Gasteiger partial charge in [0.25, 0.3) is 5.91 Å². The Kier molecular flexibility index (Phi) is 7.51. The van der Waals surface area contributed by atoms with E-state index in [4.69, 9.17) is 0 Å². The summed E-state index contributed by atoms with van der Waals surface area (Å²) in [6, 6.07) is 10.1. The zero-order valence-electron chi connectivity index (χ0n) is 17.0. The summed E-state index contributed by atoms with van der Waals surface area (Å²) in [5, 5.41) is 0. The van der Waals surface area contributed by atoms with Crippen LogP contribution >= 0.6 is 0 Å². The summed E-state index contributed by atoms with van der Waals surface area (Å²) in [6.45, 7) is 4.69. The van der Waals surface area contributed by atoms with Crippen LogP contribution in [-0.4, -0.2) is 83.4 Å². The molecule has 6 nitrogen and oxygen atoms in total. The zero-order valence-corrected chi connectivity index (χ0v) is 17.0. The van der Waals surface area contributed by atoms with E-state index in [1.165, 1.54) is 0 Å². The number of pyridine rings is 2. The second kappa shape index (κ2) is 10.3. The minimum atomic E-state index is 0.0990. The topological polar surface area (TPSA) is 52.6 Å². The third-order valence-corrected chi connectivity index (χ3v) is 5.37. The predicted molar refractivity (Wildman–Crippen MR) is 111 cm³/mol. The first-order valence-corrected chi connectivity index (χ1v) is 10.1. The van der Waals surface area contributed by atoms with Crippen molar-refractivity contribution < 1.29 is 4.79 Å². The van der Waals surface area contributed by atoms with Crippen LogP contribution in [0.1, 0.15) is 28.9 Å². The number of piperidine rings is 1. The van der Waals surface area contributed by atoms with Gasteiger partial charge in [-0.2, -0.15) is 0 Å². The lowest BCUT2D eigenvalue weighted by atomic mass is 10.0. The van der Waals surface area contributed by atoms with E-state index in [2.05, 4.69) is 30.7 Å². The van der Waals surface area contributed by atoms with Crippen molar-refractivity contribution in [3.63, 3.8) is 0 Å². The highest BCUT2D eigenvalue weighted by Crippen LogP contribution is 2.19. The lowest BCUT2D eigenvalue weighted by molar-refractivity contribution is 0.0556. The number of hydrogen-bond donors (Lipinski definition) is 0. The number of hydrogen-bond acceptors (Lipinski definition) is 5. The van der Waals surface area contributed by atoms with E-state index >= 15 is 0 Å². The fourth-order valence-corrected chi connectivity index (χ4v) is 3.69. The fraction of sp³-hybridized carbons (Fsp3) is 0.500. The maximum absolute atomic E-state index is 13.1. The summed E-state index contributed by atoms with van der Waals surface area (Å²) in [4.78, 5) is 28.3. The molecule has 1 amide bonds. The SMILES string of the molecule is CN(C)CCN(C(=O)c1cccnc1)C1CCN(CCc2ccccn2)CC1. The molecule has 150 valence electrons. The van der Waals surface area contributed by atoms with Gasteiger partial charge >= 0.3 is 0 Å². The third-order valence-electron chi connectivity index (χ3n) is 5.37. The van der Waals surface area contributed by atoms with Gasteiger partial charge in [0.15, 0.2) is 0 Å². The van der Waals surface area contributed by atoms with Crippen LogP contribution in [0.4, 0.5) is 0 Å². The lowest BCUT2D eigenvalue weighted by Crippen LogP contribution is -2.49. The van der Waals surface area contributed by atoms with Gasteiger partial charge in [0.1, 0.15) is 0 Å². The Morgan fingerprint density at radius 3 is 2.57 bits per heavy atom. The number of likely N-dealkylation sites (tertiary alicyclic amines) is 1. The fourth-order valence-electron chi connectivity index (χ4n) is 3.69. The maximum Gasteiger partial charge on any atom is 0.255 e. The van der Waals surface area contributed by atoms with E-state index in [0.29, 0.717) is 11.6 Å². The molecule has 6 heteroatoms. The van der Waals surface area contributed by atoms with Crippen LogP contribution in [0.3, 0.4) is 0 Å². The van der Waals surface area contributed by atoms with Crippen LogP contribution in [0.15, 0.2) is 48.9 Å². The van der Waals surface area contributed by atoms with E-state index < -0.39 is 0 Å². The number of likely N-dealkylation sites (N-methyl/N-ethyl adjacent to an activating group) is 1. The molecule has 0 aliphatic carbocycles. The second-order valence-electron chi connectivity index (χ2n) is 7.69. The van der Waals surface area contributed by atoms with E-state index in [1.54, 1.807) is 12.4 Å². The smallest absolute Gasteiger partial charge is 0.255 e. The van der Waals surface area contributed by atoms with Crippen molar-refractivity contribution in [1.82, 2.24) is 24.7 Å². The minimum absolute atomic E-state index is 0.0990. The highest BCUT2D eigenvalue weighted by atomic mass is 16.2. The highest BCUT2D eigenvalue weighted by molar-refractivity contribution is 5.94. The van der Waals surface area contributed by atoms with Crippen molar-refractivity contribution in [2.45, 2.75) is 25.3 Å². The second-order valence-corrected chi connectivity index (χ2v) is 7.69. The molecule has 0 unspecified atom stereocenters. The number of amides is 1. The molecule has 1 fully saturated rings. The molecule has 0 atom stereocenters. The van der Waals surface area contributed by atoms with Crippen molar-refractivity contribution in [2.24, 2.45) is 0 Å². The standard InChI is InChI=1S/C22H31N5O/c1-25(2)16-17-27(22(28)19-6-5-11-23-18-19)21-9-14-26(15-10-21)13-8-20-7-3-4-12-24-20/h3-7,11-12,18,21H,8-10,13-17H2,1-2H3. The Morgan fingerprint density at radius 2 is 1.93 bits per heavy atom. The number of aromatic nitrogens is 2. The van der Waals surface area contributed by atoms with Crippen LogP contribution in [0.25, 0.3) is 0 Å². The first-order chi connectivity index (χ1) is 13.6. The molecule has 1 aliphatic heterocycles. The molecule has 0 aromatic carbocycles. The molecule has 2 aromatic rings. The Bertz CT molecular complexity index is 714. The van der Waals surface area contributed by atoms with Gasteiger partial charge in [0.2, 0.25) is 0 Å². The zero-order chi connectivity index (χ0) is 19.8.